The van der Waals surface area contributed by atoms with Gasteiger partial charge in [-0.3, -0.25) is 4.79 Å². The lowest BCUT2D eigenvalue weighted by Gasteiger charge is -2.40. The van der Waals surface area contributed by atoms with Crippen LogP contribution in [0.5, 0.6) is 0 Å². The third kappa shape index (κ3) is 1.85. The Balaban J connectivity index is 1.41. The fourth-order valence-corrected chi connectivity index (χ4v) is 6.95. The second-order valence-electron chi connectivity index (χ2n) is 8.86. The molecule has 116 valence electrons. The summed E-state index contributed by atoms with van der Waals surface area (Å²) in [5, 5.41) is 0. The summed E-state index contributed by atoms with van der Waals surface area (Å²) < 4.78 is 0. The van der Waals surface area contributed by atoms with E-state index in [9.17, 15) is 4.79 Å². The van der Waals surface area contributed by atoms with Crippen molar-refractivity contribution in [3.63, 3.8) is 0 Å². The highest BCUT2D eigenvalue weighted by molar-refractivity contribution is 5.81. The number of carbonyl (C=O) groups is 1. The third-order valence-electron chi connectivity index (χ3n) is 7.66. The zero-order valence-electron chi connectivity index (χ0n) is 12.9. The van der Waals surface area contributed by atoms with Gasteiger partial charge in [0.2, 0.25) is 5.91 Å². The van der Waals surface area contributed by atoms with Gasteiger partial charge in [0.25, 0.3) is 0 Å². The predicted octanol–water partition coefficient (Wildman–Crippen LogP) is 2.40. The van der Waals surface area contributed by atoms with Crippen molar-refractivity contribution in [2.45, 2.75) is 63.5 Å². The Bertz CT molecular complexity index is 448. The van der Waals surface area contributed by atoms with Crippen LogP contribution in [0.15, 0.2) is 0 Å². The number of nitrogens with two attached hydrogens (primary N) is 1. The molecule has 0 aromatic heterocycles. The molecule has 0 aromatic rings. The van der Waals surface area contributed by atoms with Crippen LogP contribution in [-0.2, 0) is 4.79 Å². The van der Waals surface area contributed by atoms with Gasteiger partial charge < -0.3 is 10.6 Å². The van der Waals surface area contributed by atoms with E-state index in [2.05, 4.69) is 4.90 Å². The normalized spacial score (nSPS) is 54.2. The average Bonchev–Trinajstić information content (AvgIpc) is 2.98. The lowest BCUT2D eigenvalue weighted by atomic mass is 9.68. The van der Waals surface area contributed by atoms with E-state index >= 15 is 0 Å². The molecule has 6 atom stereocenters. The van der Waals surface area contributed by atoms with Crippen molar-refractivity contribution in [1.82, 2.24) is 4.90 Å². The average molecular weight is 288 g/mol. The fraction of sp³-hybridized carbons (Fsp3) is 0.944. The summed E-state index contributed by atoms with van der Waals surface area (Å²) in [4.78, 5) is 15.6. The molecule has 2 saturated heterocycles. The minimum Gasteiger partial charge on any atom is -0.339 e. The first kappa shape index (κ1) is 12.9. The van der Waals surface area contributed by atoms with Crippen LogP contribution in [0.3, 0.4) is 0 Å². The highest BCUT2D eigenvalue weighted by Crippen LogP contribution is 2.51. The SMILES string of the molecule is NC1C2CCC(C2)C1C(=O)N1CC2CC3CC(C2)CC1C3. The summed E-state index contributed by atoms with van der Waals surface area (Å²) in [6.07, 6.45) is 10.5. The standard InChI is InChI=1S/C18H28N2O/c19-17-14-2-1-13(8-14)16(17)18(21)20-9-12-4-10-3-11(5-12)7-15(20)6-10/h10-17H,1-9,19H2. The molecule has 2 aliphatic heterocycles. The van der Waals surface area contributed by atoms with E-state index in [1.807, 2.05) is 0 Å². The smallest absolute Gasteiger partial charge is 0.227 e. The maximum absolute atomic E-state index is 13.3. The molecule has 2 heterocycles. The molecular formula is C18H28N2O. The maximum Gasteiger partial charge on any atom is 0.227 e. The van der Waals surface area contributed by atoms with Crippen molar-refractivity contribution in [3.05, 3.63) is 0 Å². The van der Waals surface area contributed by atoms with Crippen LogP contribution in [0.4, 0.5) is 0 Å². The minimum atomic E-state index is 0.161. The number of rotatable bonds is 1. The Morgan fingerprint density at radius 1 is 0.857 bits per heavy atom. The maximum atomic E-state index is 13.3. The first-order valence-electron chi connectivity index (χ1n) is 9.25. The van der Waals surface area contributed by atoms with Gasteiger partial charge >= 0.3 is 0 Å². The summed E-state index contributed by atoms with van der Waals surface area (Å²) in [6, 6.07) is 0.717. The van der Waals surface area contributed by atoms with Crippen molar-refractivity contribution in [2.24, 2.45) is 41.2 Å². The Morgan fingerprint density at radius 2 is 1.52 bits per heavy atom. The first-order valence-corrected chi connectivity index (χ1v) is 9.25. The van der Waals surface area contributed by atoms with Crippen molar-refractivity contribution in [3.8, 4) is 0 Å². The molecule has 4 aliphatic carbocycles. The molecule has 6 unspecified atom stereocenters. The Hall–Kier alpha value is -0.570. The topological polar surface area (TPSA) is 46.3 Å². The van der Waals surface area contributed by atoms with Gasteiger partial charge in [0.1, 0.15) is 0 Å². The Morgan fingerprint density at radius 3 is 2.19 bits per heavy atom. The summed E-state index contributed by atoms with van der Waals surface area (Å²) in [5.41, 5.74) is 6.44. The van der Waals surface area contributed by atoms with E-state index in [0.717, 1.165) is 24.3 Å². The van der Waals surface area contributed by atoms with Crippen LogP contribution in [-0.4, -0.2) is 29.4 Å². The van der Waals surface area contributed by atoms with Crippen LogP contribution in [0, 0.1) is 35.5 Å². The molecular weight excluding hydrogens is 260 g/mol. The van der Waals surface area contributed by atoms with E-state index in [0.29, 0.717) is 23.8 Å². The van der Waals surface area contributed by atoms with Gasteiger partial charge in [0.05, 0.1) is 5.92 Å². The zero-order valence-corrected chi connectivity index (χ0v) is 12.9. The number of hydrogen-bond donors (Lipinski definition) is 1. The molecule has 2 N–H and O–H groups in total. The van der Waals surface area contributed by atoms with Gasteiger partial charge in [0.15, 0.2) is 0 Å². The van der Waals surface area contributed by atoms with Crippen molar-refractivity contribution >= 4 is 5.91 Å². The second-order valence-corrected chi connectivity index (χ2v) is 8.86. The van der Waals surface area contributed by atoms with Crippen LogP contribution >= 0.6 is 0 Å². The molecule has 0 spiro atoms. The van der Waals surface area contributed by atoms with Crippen LogP contribution in [0.1, 0.15) is 51.4 Å². The van der Waals surface area contributed by atoms with Gasteiger partial charge in [-0.15, -0.1) is 0 Å². The van der Waals surface area contributed by atoms with E-state index < -0.39 is 0 Å². The number of amides is 1. The largest absolute Gasteiger partial charge is 0.339 e. The van der Waals surface area contributed by atoms with Crippen molar-refractivity contribution in [2.75, 3.05) is 6.54 Å². The highest BCUT2D eigenvalue weighted by atomic mass is 16.2. The quantitative estimate of drug-likeness (QED) is 0.805. The molecule has 0 radical (unpaired) electrons. The zero-order chi connectivity index (χ0) is 14.1. The number of carbonyl (C=O) groups excluding carboxylic acids is 1. The second kappa shape index (κ2) is 4.47. The lowest BCUT2D eigenvalue weighted by molar-refractivity contribution is -0.140. The van der Waals surface area contributed by atoms with Crippen LogP contribution in [0.2, 0.25) is 0 Å². The summed E-state index contributed by atoms with van der Waals surface area (Å²) in [5.74, 6) is 4.49. The van der Waals surface area contributed by atoms with Gasteiger partial charge in [-0.1, -0.05) is 0 Å². The van der Waals surface area contributed by atoms with Crippen LogP contribution in [0.25, 0.3) is 0 Å². The summed E-state index contributed by atoms with van der Waals surface area (Å²) in [6.45, 7) is 1.05. The van der Waals surface area contributed by atoms with Gasteiger partial charge in [-0.2, -0.15) is 0 Å². The van der Waals surface area contributed by atoms with Crippen molar-refractivity contribution in [1.29, 1.82) is 0 Å². The first-order chi connectivity index (χ1) is 10.2. The molecule has 3 nitrogen and oxygen atoms in total. The number of hydrogen-bond acceptors (Lipinski definition) is 2. The van der Waals surface area contributed by atoms with Crippen LogP contribution < -0.4 is 5.73 Å². The molecule has 1 amide bonds. The van der Waals surface area contributed by atoms with E-state index in [1.165, 1.54) is 51.4 Å². The molecule has 6 fully saturated rings. The highest BCUT2D eigenvalue weighted by Gasteiger charge is 2.52. The van der Waals surface area contributed by atoms with Crippen molar-refractivity contribution < 1.29 is 4.79 Å². The fourth-order valence-electron chi connectivity index (χ4n) is 6.95. The molecule has 6 aliphatic rings. The van der Waals surface area contributed by atoms with E-state index in [-0.39, 0.29) is 12.0 Å². The van der Waals surface area contributed by atoms with Gasteiger partial charge in [0, 0.05) is 18.6 Å². The van der Waals surface area contributed by atoms with E-state index in [1.54, 1.807) is 0 Å². The number of fused-ring (bicyclic) bond motifs is 3. The Kier molecular flexibility index (Phi) is 2.75. The molecule has 6 bridgehead atoms. The van der Waals surface area contributed by atoms with Gasteiger partial charge in [-0.05, 0) is 81.0 Å². The monoisotopic (exact) mass is 288 g/mol. The molecule has 21 heavy (non-hydrogen) atoms. The molecule has 0 aromatic carbocycles. The van der Waals surface area contributed by atoms with Gasteiger partial charge in [-0.25, -0.2) is 0 Å². The molecule has 3 heteroatoms. The summed E-state index contributed by atoms with van der Waals surface area (Å²) >= 11 is 0. The summed E-state index contributed by atoms with van der Waals surface area (Å²) in [7, 11) is 0. The number of nitrogens with zero attached hydrogens (tertiary/aromatic N) is 1. The predicted molar refractivity (Wildman–Crippen MR) is 81.4 cm³/mol. The molecule has 4 saturated carbocycles. The lowest BCUT2D eigenvalue weighted by Crippen LogP contribution is -2.51. The third-order valence-corrected chi connectivity index (χ3v) is 7.66. The minimum absolute atomic E-state index is 0.161. The Labute approximate surface area is 127 Å². The van der Waals surface area contributed by atoms with E-state index in [4.69, 9.17) is 5.73 Å². The molecule has 6 rings (SSSR count).